The first-order chi connectivity index (χ1) is 8.54. The Kier molecular flexibility index (Phi) is 9.00. The molecule has 18 heavy (non-hydrogen) atoms. The number of carboxylic acids is 1. The van der Waals surface area contributed by atoms with E-state index in [1.807, 2.05) is 13.8 Å². The van der Waals surface area contributed by atoms with Crippen molar-refractivity contribution in [2.75, 3.05) is 19.7 Å². The fourth-order valence-corrected chi connectivity index (χ4v) is 1.56. The number of urea groups is 1. The van der Waals surface area contributed by atoms with Gasteiger partial charge in [0.15, 0.2) is 0 Å². The van der Waals surface area contributed by atoms with E-state index < -0.39 is 5.97 Å². The van der Waals surface area contributed by atoms with Crippen molar-refractivity contribution in [2.24, 2.45) is 0 Å². The number of carbonyl (C=O) groups is 2. The van der Waals surface area contributed by atoms with Gasteiger partial charge >= 0.3 is 12.0 Å². The molecule has 0 aliphatic carbocycles. The summed E-state index contributed by atoms with van der Waals surface area (Å²) in [5.41, 5.74) is 0. The molecule has 0 saturated carbocycles. The highest BCUT2D eigenvalue weighted by Gasteiger charge is 2.18. The molecule has 0 heterocycles. The average molecular weight is 260 g/mol. The monoisotopic (exact) mass is 260 g/mol. The molecule has 6 nitrogen and oxygen atoms in total. The number of hydrogen-bond acceptors (Lipinski definition) is 3. The van der Waals surface area contributed by atoms with Crippen molar-refractivity contribution in [1.29, 1.82) is 0 Å². The van der Waals surface area contributed by atoms with Crippen LogP contribution in [-0.2, 0) is 4.79 Å². The van der Waals surface area contributed by atoms with Gasteiger partial charge in [0.2, 0.25) is 0 Å². The molecule has 0 fully saturated rings. The Bertz CT molecular complexity index is 258. The molecule has 0 aliphatic rings. The minimum absolute atomic E-state index is 0.0804. The van der Waals surface area contributed by atoms with Crippen LogP contribution in [0, 0.1) is 0 Å². The lowest BCUT2D eigenvalue weighted by molar-refractivity contribution is -0.137. The van der Waals surface area contributed by atoms with E-state index in [-0.39, 0.29) is 31.6 Å². The SMILES string of the molecule is CCCCN(CCO)C(=O)NC(CC)CC(=O)O. The van der Waals surface area contributed by atoms with E-state index >= 15 is 0 Å². The van der Waals surface area contributed by atoms with Crippen LogP contribution in [0.25, 0.3) is 0 Å². The molecule has 6 heteroatoms. The molecule has 0 radical (unpaired) electrons. The number of aliphatic carboxylic acids is 1. The molecule has 0 spiro atoms. The number of carbonyl (C=O) groups excluding carboxylic acids is 1. The standard InChI is InChI=1S/C12H24N2O4/c1-3-5-6-14(7-8-15)12(18)13-10(4-2)9-11(16)17/h10,15H,3-9H2,1-2H3,(H,13,18)(H,16,17). The van der Waals surface area contributed by atoms with Gasteiger partial charge in [-0.05, 0) is 12.8 Å². The fourth-order valence-electron chi connectivity index (χ4n) is 1.56. The van der Waals surface area contributed by atoms with Crippen molar-refractivity contribution < 1.29 is 19.8 Å². The van der Waals surface area contributed by atoms with Crippen LogP contribution in [0.5, 0.6) is 0 Å². The highest BCUT2D eigenvalue weighted by molar-refractivity contribution is 5.75. The fraction of sp³-hybridized carbons (Fsp3) is 0.833. The maximum Gasteiger partial charge on any atom is 0.317 e. The maximum absolute atomic E-state index is 11.9. The van der Waals surface area contributed by atoms with Crippen LogP contribution in [0.15, 0.2) is 0 Å². The van der Waals surface area contributed by atoms with E-state index in [4.69, 9.17) is 10.2 Å². The van der Waals surface area contributed by atoms with Crippen LogP contribution in [0.1, 0.15) is 39.5 Å². The molecule has 0 saturated heterocycles. The van der Waals surface area contributed by atoms with Gasteiger partial charge in [-0.3, -0.25) is 4.79 Å². The number of unbranched alkanes of at least 4 members (excludes halogenated alkanes) is 1. The zero-order chi connectivity index (χ0) is 14.0. The van der Waals surface area contributed by atoms with Crippen LogP contribution >= 0.6 is 0 Å². The number of amides is 2. The van der Waals surface area contributed by atoms with Crippen LogP contribution < -0.4 is 5.32 Å². The van der Waals surface area contributed by atoms with Crippen molar-refractivity contribution >= 4 is 12.0 Å². The second-order valence-corrected chi connectivity index (χ2v) is 4.22. The number of aliphatic hydroxyl groups is 1. The van der Waals surface area contributed by atoms with Gasteiger partial charge < -0.3 is 20.4 Å². The van der Waals surface area contributed by atoms with E-state index in [0.29, 0.717) is 13.0 Å². The third kappa shape index (κ3) is 7.11. The summed E-state index contributed by atoms with van der Waals surface area (Å²) >= 11 is 0. The van der Waals surface area contributed by atoms with Gasteiger partial charge in [-0.1, -0.05) is 20.3 Å². The smallest absolute Gasteiger partial charge is 0.317 e. The second kappa shape index (κ2) is 9.70. The van der Waals surface area contributed by atoms with Gasteiger partial charge in [-0.25, -0.2) is 4.79 Å². The Morgan fingerprint density at radius 2 is 1.94 bits per heavy atom. The molecule has 0 rings (SSSR count). The Hall–Kier alpha value is -1.30. The maximum atomic E-state index is 11.9. The summed E-state index contributed by atoms with van der Waals surface area (Å²) in [6.07, 6.45) is 2.31. The van der Waals surface area contributed by atoms with Gasteiger partial charge in [0.1, 0.15) is 0 Å². The highest BCUT2D eigenvalue weighted by atomic mass is 16.4. The molecule has 1 atom stereocenters. The molecule has 0 aromatic rings. The average Bonchev–Trinajstić information content (AvgIpc) is 2.32. The Labute approximate surface area is 108 Å². The zero-order valence-corrected chi connectivity index (χ0v) is 11.2. The Morgan fingerprint density at radius 3 is 2.39 bits per heavy atom. The van der Waals surface area contributed by atoms with Crippen molar-refractivity contribution in [2.45, 2.75) is 45.6 Å². The van der Waals surface area contributed by atoms with Crippen molar-refractivity contribution in [1.82, 2.24) is 10.2 Å². The number of nitrogens with zero attached hydrogens (tertiary/aromatic N) is 1. The van der Waals surface area contributed by atoms with E-state index in [1.54, 1.807) is 0 Å². The second-order valence-electron chi connectivity index (χ2n) is 4.22. The van der Waals surface area contributed by atoms with Crippen LogP contribution in [0.3, 0.4) is 0 Å². The lowest BCUT2D eigenvalue weighted by atomic mass is 10.1. The summed E-state index contributed by atoms with van der Waals surface area (Å²) < 4.78 is 0. The van der Waals surface area contributed by atoms with Crippen molar-refractivity contribution in [3.63, 3.8) is 0 Å². The quantitative estimate of drug-likeness (QED) is 0.578. The molecule has 106 valence electrons. The molecule has 3 N–H and O–H groups in total. The number of rotatable bonds is 9. The van der Waals surface area contributed by atoms with Gasteiger partial charge in [-0.2, -0.15) is 0 Å². The first kappa shape index (κ1) is 16.7. The topological polar surface area (TPSA) is 89.9 Å². The van der Waals surface area contributed by atoms with Crippen LogP contribution in [0.4, 0.5) is 4.79 Å². The summed E-state index contributed by atoms with van der Waals surface area (Å²) in [5.74, 6) is -0.926. The minimum Gasteiger partial charge on any atom is -0.481 e. The molecule has 0 aromatic heterocycles. The van der Waals surface area contributed by atoms with Crippen LogP contribution in [-0.4, -0.2) is 52.9 Å². The van der Waals surface area contributed by atoms with Crippen molar-refractivity contribution in [3.8, 4) is 0 Å². The minimum atomic E-state index is -0.926. The number of hydrogen-bond donors (Lipinski definition) is 3. The lowest BCUT2D eigenvalue weighted by Gasteiger charge is -2.25. The molecule has 1 unspecified atom stereocenters. The molecule has 0 aliphatic heterocycles. The Balaban J connectivity index is 4.32. The summed E-state index contributed by atoms with van der Waals surface area (Å²) in [6.45, 7) is 4.61. The van der Waals surface area contributed by atoms with E-state index in [0.717, 1.165) is 12.8 Å². The number of nitrogens with one attached hydrogen (secondary N) is 1. The highest BCUT2D eigenvalue weighted by Crippen LogP contribution is 2.01. The van der Waals surface area contributed by atoms with E-state index in [9.17, 15) is 9.59 Å². The number of carboxylic acid groups (broad SMARTS) is 1. The summed E-state index contributed by atoms with van der Waals surface area (Å²) in [7, 11) is 0. The van der Waals surface area contributed by atoms with E-state index in [1.165, 1.54) is 4.90 Å². The van der Waals surface area contributed by atoms with Gasteiger partial charge in [0, 0.05) is 19.1 Å². The first-order valence-corrected chi connectivity index (χ1v) is 6.43. The van der Waals surface area contributed by atoms with Crippen LogP contribution in [0.2, 0.25) is 0 Å². The molecular formula is C12H24N2O4. The summed E-state index contributed by atoms with van der Waals surface area (Å²) in [6, 6.07) is -0.664. The predicted octanol–water partition coefficient (Wildman–Crippen LogP) is 1.04. The zero-order valence-electron chi connectivity index (χ0n) is 11.2. The molecule has 2 amide bonds. The summed E-state index contributed by atoms with van der Waals surface area (Å²) in [4.78, 5) is 24.0. The van der Waals surface area contributed by atoms with Gasteiger partial charge in [0.05, 0.1) is 13.0 Å². The predicted molar refractivity (Wildman–Crippen MR) is 68.4 cm³/mol. The van der Waals surface area contributed by atoms with E-state index in [2.05, 4.69) is 5.32 Å². The van der Waals surface area contributed by atoms with Gasteiger partial charge in [0.25, 0.3) is 0 Å². The third-order valence-corrected chi connectivity index (χ3v) is 2.68. The first-order valence-electron chi connectivity index (χ1n) is 6.43. The molecule has 0 bridgehead atoms. The van der Waals surface area contributed by atoms with Gasteiger partial charge in [-0.15, -0.1) is 0 Å². The molecule has 0 aromatic carbocycles. The normalized spacial score (nSPS) is 11.9. The molecular weight excluding hydrogens is 236 g/mol. The number of aliphatic hydroxyl groups excluding tert-OH is 1. The summed E-state index contributed by atoms with van der Waals surface area (Å²) in [5, 5.41) is 20.3. The lowest BCUT2D eigenvalue weighted by Crippen LogP contribution is -2.46. The van der Waals surface area contributed by atoms with Crippen molar-refractivity contribution in [3.05, 3.63) is 0 Å². The largest absolute Gasteiger partial charge is 0.481 e. The third-order valence-electron chi connectivity index (χ3n) is 2.68. The Morgan fingerprint density at radius 1 is 1.28 bits per heavy atom.